The van der Waals surface area contributed by atoms with Crippen molar-refractivity contribution in [1.82, 2.24) is 4.72 Å². The zero-order chi connectivity index (χ0) is 14.6. The van der Waals surface area contributed by atoms with Gasteiger partial charge in [0.05, 0.1) is 4.90 Å². The fourth-order valence-corrected chi connectivity index (χ4v) is 2.70. The number of nitrogen functional groups attached to an aromatic ring is 1. The highest BCUT2D eigenvalue weighted by atomic mass is 32.2. The van der Waals surface area contributed by atoms with Gasteiger partial charge in [-0.15, -0.1) is 0 Å². The van der Waals surface area contributed by atoms with Crippen molar-refractivity contribution < 1.29 is 8.42 Å². The zero-order valence-electron chi connectivity index (χ0n) is 10.7. The SMILES string of the molecule is N=C(N)c1ccc(CNS(=O)(=O)c2ccccc2)cc1. The number of nitrogens with one attached hydrogen (secondary N) is 2. The molecule has 2 rings (SSSR count). The van der Waals surface area contributed by atoms with Crippen LogP contribution in [-0.2, 0) is 16.6 Å². The minimum Gasteiger partial charge on any atom is -0.384 e. The van der Waals surface area contributed by atoms with Crippen LogP contribution < -0.4 is 10.5 Å². The molecule has 0 amide bonds. The third-order valence-corrected chi connectivity index (χ3v) is 4.20. The van der Waals surface area contributed by atoms with Crippen molar-refractivity contribution >= 4 is 15.9 Å². The van der Waals surface area contributed by atoms with Crippen molar-refractivity contribution in [2.75, 3.05) is 0 Å². The highest BCUT2D eigenvalue weighted by Gasteiger charge is 2.12. The molecule has 0 aromatic heterocycles. The molecule has 2 aromatic carbocycles. The smallest absolute Gasteiger partial charge is 0.240 e. The van der Waals surface area contributed by atoms with Gasteiger partial charge in [0.25, 0.3) is 0 Å². The van der Waals surface area contributed by atoms with E-state index in [2.05, 4.69) is 4.72 Å². The van der Waals surface area contributed by atoms with E-state index in [1.165, 1.54) is 0 Å². The van der Waals surface area contributed by atoms with Gasteiger partial charge in [-0.3, -0.25) is 5.41 Å². The Balaban J connectivity index is 2.07. The molecular formula is C14H15N3O2S. The first kappa shape index (κ1) is 14.2. The van der Waals surface area contributed by atoms with E-state index in [0.29, 0.717) is 5.56 Å². The lowest BCUT2D eigenvalue weighted by molar-refractivity contribution is 0.581. The summed E-state index contributed by atoms with van der Waals surface area (Å²) in [5.41, 5.74) is 6.77. The Morgan fingerprint density at radius 2 is 1.65 bits per heavy atom. The van der Waals surface area contributed by atoms with E-state index in [0.717, 1.165) is 5.56 Å². The van der Waals surface area contributed by atoms with Crippen molar-refractivity contribution in [3.63, 3.8) is 0 Å². The lowest BCUT2D eigenvalue weighted by Gasteiger charge is -2.07. The van der Waals surface area contributed by atoms with Gasteiger partial charge in [0.2, 0.25) is 10.0 Å². The molecule has 4 N–H and O–H groups in total. The Labute approximate surface area is 118 Å². The molecule has 2 aromatic rings. The van der Waals surface area contributed by atoms with Gasteiger partial charge in [-0.2, -0.15) is 0 Å². The second kappa shape index (κ2) is 5.85. The highest BCUT2D eigenvalue weighted by molar-refractivity contribution is 7.89. The summed E-state index contributed by atoms with van der Waals surface area (Å²) in [6.07, 6.45) is 0. The van der Waals surface area contributed by atoms with Crippen molar-refractivity contribution in [3.8, 4) is 0 Å². The van der Waals surface area contributed by atoms with Crippen LogP contribution in [0.4, 0.5) is 0 Å². The monoisotopic (exact) mass is 289 g/mol. The maximum absolute atomic E-state index is 12.0. The first-order valence-corrected chi connectivity index (χ1v) is 7.45. The minimum atomic E-state index is -3.50. The minimum absolute atomic E-state index is 0.0126. The van der Waals surface area contributed by atoms with E-state index in [-0.39, 0.29) is 17.3 Å². The van der Waals surface area contributed by atoms with Gasteiger partial charge < -0.3 is 5.73 Å². The van der Waals surface area contributed by atoms with Crippen LogP contribution in [0.15, 0.2) is 59.5 Å². The Kier molecular flexibility index (Phi) is 4.16. The molecule has 0 saturated heterocycles. The van der Waals surface area contributed by atoms with Crippen LogP contribution >= 0.6 is 0 Å². The maximum atomic E-state index is 12.0. The molecule has 0 fully saturated rings. The van der Waals surface area contributed by atoms with Crippen LogP contribution in [0.1, 0.15) is 11.1 Å². The summed E-state index contributed by atoms with van der Waals surface area (Å²) >= 11 is 0. The lowest BCUT2D eigenvalue weighted by Crippen LogP contribution is -2.23. The Hall–Kier alpha value is -2.18. The Bertz CT molecular complexity index is 695. The second-order valence-electron chi connectivity index (χ2n) is 4.25. The topological polar surface area (TPSA) is 96.0 Å². The lowest BCUT2D eigenvalue weighted by atomic mass is 10.1. The van der Waals surface area contributed by atoms with Crippen LogP contribution in [0, 0.1) is 5.41 Å². The number of sulfonamides is 1. The molecule has 0 bridgehead atoms. The molecule has 0 aliphatic rings. The van der Waals surface area contributed by atoms with Gasteiger partial charge in [-0.25, -0.2) is 13.1 Å². The molecule has 0 heterocycles. The molecule has 0 unspecified atom stereocenters. The van der Waals surface area contributed by atoms with Gasteiger partial charge in [0.15, 0.2) is 0 Å². The summed E-state index contributed by atoms with van der Waals surface area (Å²) in [6, 6.07) is 15.1. The highest BCUT2D eigenvalue weighted by Crippen LogP contribution is 2.09. The number of hydrogen-bond acceptors (Lipinski definition) is 3. The molecule has 20 heavy (non-hydrogen) atoms. The van der Waals surface area contributed by atoms with Crippen LogP contribution in [0.25, 0.3) is 0 Å². The molecule has 0 spiro atoms. The molecule has 0 saturated carbocycles. The van der Waals surface area contributed by atoms with Gasteiger partial charge in [-0.1, -0.05) is 42.5 Å². The molecular weight excluding hydrogens is 274 g/mol. The van der Waals surface area contributed by atoms with E-state index < -0.39 is 10.0 Å². The van der Waals surface area contributed by atoms with E-state index >= 15 is 0 Å². The molecule has 104 valence electrons. The van der Waals surface area contributed by atoms with Crippen LogP contribution in [0.2, 0.25) is 0 Å². The summed E-state index contributed by atoms with van der Waals surface area (Å²) in [4.78, 5) is 0.236. The van der Waals surface area contributed by atoms with Crippen molar-refractivity contribution in [3.05, 3.63) is 65.7 Å². The predicted octanol–water partition coefficient (Wildman–Crippen LogP) is 1.45. The molecule has 0 atom stereocenters. The first-order valence-electron chi connectivity index (χ1n) is 5.97. The molecule has 0 aliphatic heterocycles. The van der Waals surface area contributed by atoms with Crippen molar-refractivity contribution in [1.29, 1.82) is 5.41 Å². The number of benzene rings is 2. The van der Waals surface area contributed by atoms with E-state index in [1.807, 2.05) is 0 Å². The van der Waals surface area contributed by atoms with E-state index in [4.69, 9.17) is 11.1 Å². The van der Waals surface area contributed by atoms with Gasteiger partial charge >= 0.3 is 0 Å². The number of nitrogens with two attached hydrogens (primary N) is 1. The van der Waals surface area contributed by atoms with Crippen LogP contribution in [-0.4, -0.2) is 14.3 Å². The predicted molar refractivity (Wildman–Crippen MR) is 77.9 cm³/mol. The zero-order valence-corrected chi connectivity index (χ0v) is 11.5. The molecule has 5 nitrogen and oxygen atoms in total. The van der Waals surface area contributed by atoms with E-state index in [1.54, 1.807) is 54.6 Å². The van der Waals surface area contributed by atoms with Crippen molar-refractivity contribution in [2.45, 2.75) is 11.4 Å². The van der Waals surface area contributed by atoms with Crippen molar-refractivity contribution in [2.24, 2.45) is 5.73 Å². The Morgan fingerprint density at radius 1 is 1.05 bits per heavy atom. The normalized spacial score (nSPS) is 11.2. The summed E-state index contributed by atoms with van der Waals surface area (Å²) in [5.74, 6) is -0.0126. The average Bonchev–Trinajstić information content (AvgIpc) is 2.46. The fraction of sp³-hybridized carbons (Fsp3) is 0.0714. The average molecular weight is 289 g/mol. The van der Waals surface area contributed by atoms with Gasteiger partial charge in [0, 0.05) is 12.1 Å². The van der Waals surface area contributed by atoms with Crippen LogP contribution in [0.5, 0.6) is 0 Å². The standard InChI is InChI=1S/C14H15N3O2S/c15-14(16)12-8-6-11(7-9-12)10-17-20(18,19)13-4-2-1-3-5-13/h1-9,17H,10H2,(H3,15,16). The summed E-state index contributed by atoms with van der Waals surface area (Å²) in [6.45, 7) is 0.190. The second-order valence-corrected chi connectivity index (χ2v) is 6.02. The fourth-order valence-electron chi connectivity index (χ4n) is 1.66. The van der Waals surface area contributed by atoms with Gasteiger partial charge in [-0.05, 0) is 17.7 Å². The Morgan fingerprint density at radius 3 is 2.20 bits per heavy atom. The maximum Gasteiger partial charge on any atom is 0.240 e. The third-order valence-electron chi connectivity index (χ3n) is 2.78. The molecule has 0 radical (unpaired) electrons. The summed E-state index contributed by atoms with van der Waals surface area (Å²) in [5, 5.41) is 7.29. The first-order chi connectivity index (χ1) is 9.49. The van der Waals surface area contributed by atoms with Gasteiger partial charge in [0.1, 0.15) is 5.84 Å². The third kappa shape index (κ3) is 3.43. The number of amidine groups is 1. The molecule has 6 heteroatoms. The summed E-state index contributed by atoms with van der Waals surface area (Å²) < 4.78 is 26.6. The largest absolute Gasteiger partial charge is 0.384 e. The number of hydrogen-bond donors (Lipinski definition) is 3. The summed E-state index contributed by atoms with van der Waals surface area (Å²) in [7, 11) is -3.50. The molecule has 0 aliphatic carbocycles. The number of rotatable bonds is 5. The van der Waals surface area contributed by atoms with E-state index in [9.17, 15) is 8.42 Å². The van der Waals surface area contributed by atoms with Crippen LogP contribution in [0.3, 0.4) is 0 Å². The quantitative estimate of drug-likeness (QED) is 0.574.